The molecule has 7 rings (SSSR count). The standard InChI is InChI=1S/C28H25NO5/c1-2-22(25(30)15-6-4-3-5-7-15)34-28(33)16-8-10-17(11-9-16)29-26(31)23-18-12-13-19(21-14-20(18)21)24(23)27(29)32/h3-13,18-24H,2,14H2,1H3/t18-,19-,20-,21+,22-,23-,24+/m0/s1. The molecule has 0 unspecified atom stereocenters. The summed E-state index contributed by atoms with van der Waals surface area (Å²) in [5.41, 5.74) is 1.23. The fourth-order valence-corrected chi connectivity index (χ4v) is 6.27. The topological polar surface area (TPSA) is 80.8 Å². The number of carbonyl (C=O) groups is 4. The van der Waals surface area contributed by atoms with Crippen LogP contribution in [0.15, 0.2) is 66.7 Å². The van der Waals surface area contributed by atoms with Crippen LogP contribution in [0.4, 0.5) is 5.69 Å². The molecule has 172 valence electrons. The Kier molecular flexibility index (Phi) is 4.80. The smallest absolute Gasteiger partial charge is 0.338 e. The highest BCUT2D eigenvalue weighted by molar-refractivity contribution is 6.22. The summed E-state index contributed by atoms with van der Waals surface area (Å²) in [6, 6.07) is 15.1. The van der Waals surface area contributed by atoms with Gasteiger partial charge in [0.2, 0.25) is 17.6 Å². The van der Waals surface area contributed by atoms with E-state index in [0.717, 1.165) is 6.42 Å². The van der Waals surface area contributed by atoms with Crippen LogP contribution in [0.2, 0.25) is 0 Å². The van der Waals surface area contributed by atoms with Crippen LogP contribution in [0.25, 0.3) is 0 Å². The summed E-state index contributed by atoms with van der Waals surface area (Å²) >= 11 is 0. The number of carbonyl (C=O) groups excluding carboxylic acids is 4. The molecule has 2 saturated carbocycles. The number of allylic oxidation sites excluding steroid dienone is 2. The minimum atomic E-state index is -0.881. The lowest BCUT2D eigenvalue weighted by Crippen LogP contribution is -2.40. The lowest BCUT2D eigenvalue weighted by Gasteiger charge is -2.37. The number of anilines is 1. The van der Waals surface area contributed by atoms with Crippen LogP contribution in [0, 0.1) is 35.5 Å². The molecule has 0 radical (unpaired) electrons. The van der Waals surface area contributed by atoms with Crippen molar-refractivity contribution in [2.24, 2.45) is 35.5 Å². The predicted octanol–water partition coefficient (Wildman–Crippen LogP) is 4.06. The normalized spacial score (nSPS) is 31.1. The number of nitrogens with zero attached hydrogens (tertiary/aromatic N) is 1. The van der Waals surface area contributed by atoms with E-state index < -0.39 is 12.1 Å². The Balaban J connectivity index is 1.18. The number of amides is 2. The molecule has 4 aliphatic carbocycles. The Labute approximate surface area is 197 Å². The minimum Gasteiger partial charge on any atom is -0.450 e. The molecule has 1 aliphatic heterocycles. The zero-order valence-corrected chi connectivity index (χ0v) is 18.8. The molecule has 1 heterocycles. The Hall–Kier alpha value is -3.54. The van der Waals surface area contributed by atoms with Crippen LogP contribution in [0.1, 0.15) is 40.5 Å². The fraction of sp³-hybridized carbons (Fsp3) is 0.357. The van der Waals surface area contributed by atoms with Crippen LogP contribution in [0.3, 0.4) is 0 Å². The molecule has 2 bridgehead atoms. The third kappa shape index (κ3) is 3.08. The van der Waals surface area contributed by atoms with Gasteiger partial charge < -0.3 is 4.74 Å². The molecule has 0 aromatic heterocycles. The summed E-state index contributed by atoms with van der Waals surface area (Å²) in [4.78, 5) is 53.2. The second-order valence-electron chi connectivity index (χ2n) is 9.75. The summed E-state index contributed by atoms with van der Waals surface area (Å²) in [5.74, 6) is -0.194. The number of esters is 1. The van der Waals surface area contributed by atoms with Crippen molar-refractivity contribution in [1.82, 2.24) is 0 Å². The van der Waals surface area contributed by atoms with Crippen molar-refractivity contribution in [3.8, 4) is 0 Å². The number of ketones is 1. The first kappa shape index (κ1) is 21.0. The lowest BCUT2D eigenvalue weighted by molar-refractivity contribution is -0.124. The molecule has 7 atom stereocenters. The average molecular weight is 456 g/mol. The van der Waals surface area contributed by atoms with Gasteiger partial charge in [-0.3, -0.25) is 19.3 Å². The molecule has 2 aromatic rings. The second kappa shape index (κ2) is 7.76. The monoisotopic (exact) mass is 455 g/mol. The summed E-state index contributed by atoms with van der Waals surface area (Å²) < 4.78 is 5.50. The van der Waals surface area contributed by atoms with E-state index in [1.807, 2.05) is 6.07 Å². The zero-order valence-electron chi connectivity index (χ0n) is 18.8. The lowest BCUT2D eigenvalue weighted by atomic mass is 9.63. The second-order valence-corrected chi connectivity index (χ2v) is 9.75. The van der Waals surface area contributed by atoms with Crippen LogP contribution < -0.4 is 4.90 Å². The van der Waals surface area contributed by atoms with E-state index in [1.54, 1.807) is 55.5 Å². The number of rotatable bonds is 6. The minimum absolute atomic E-state index is 0.130. The highest BCUT2D eigenvalue weighted by Gasteiger charge is 2.67. The zero-order chi connectivity index (χ0) is 23.6. The molecule has 5 aliphatic rings. The number of Topliss-reactive ketones (excluding diaryl/α,β-unsaturated/α-hetero) is 1. The van der Waals surface area contributed by atoms with Crippen LogP contribution in [-0.4, -0.2) is 29.7 Å². The molecular formula is C28H25NO5. The Bertz CT molecular complexity index is 1180. The molecule has 2 amide bonds. The van der Waals surface area contributed by atoms with E-state index in [1.165, 1.54) is 4.90 Å². The van der Waals surface area contributed by atoms with Crippen LogP contribution in [-0.2, 0) is 14.3 Å². The van der Waals surface area contributed by atoms with Gasteiger partial charge in [-0.25, -0.2) is 4.79 Å². The fourth-order valence-electron chi connectivity index (χ4n) is 6.27. The van der Waals surface area contributed by atoms with Crippen molar-refractivity contribution >= 4 is 29.3 Å². The average Bonchev–Trinajstić information content (AvgIpc) is 3.65. The van der Waals surface area contributed by atoms with Gasteiger partial charge in [0.25, 0.3) is 0 Å². The molecule has 3 fully saturated rings. The summed E-state index contributed by atoms with van der Waals surface area (Å²) in [7, 11) is 0. The van der Waals surface area contributed by atoms with Crippen molar-refractivity contribution in [2.75, 3.05) is 4.90 Å². The van der Waals surface area contributed by atoms with Gasteiger partial charge in [0.1, 0.15) is 0 Å². The van der Waals surface area contributed by atoms with Crippen molar-refractivity contribution in [2.45, 2.75) is 25.9 Å². The highest BCUT2D eigenvalue weighted by atomic mass is 16.5. The van der Waals surface area contributed by atoms with Gasteiger partial charge in [-0.1, -0.05) is 49.4 Å². The number of imide groups is 1. The SMILES string of the molecule is CC[C@H](OC(=O)c1ccc(N2C(=O)[C@@H]3[C@H]4C=C[C@@H]([C@@H]5C[C@H]45)[C@@H]3C2=O)cc1)C(=O)c1ccccc1. The van der Waals surface area contributed by atoms with Crippen LogP contribution >= 0.6 is 0 Å². The predicted molar refractivity (Wildman–Crippen MR) is 124 cm³/mol. The van der Waals surface area contributed by atoms with Crippen molar-refractivity contribution < 1.29 is 23.9 Å². The number of benzene rings is 2. The highest BCUT2D eigenvalue weighted by Crippen LogP contribution is 2.65. The largest absolute Gasteiger partial charge is 0.450 e. The van der Waals surface area contributed by atoms with Gasteiger partial charge >= 0.3 is 5.97 Å². The van der Waals surface area contributed by atoms with Crippen molar-refractivity contribution in [1.29, 1.82) is 0 Å². The van der Waals surface area contributed by atoms with Gasteiger partial charge in [-0.05, 0) is 60.8 Å². The maximum atomic E-state index is 13.3. The Morgan fingerprint density at radius 1 is 0.882 bits per heavy atom. The van der Waals surface area contributed by atoms with Gasteiger partial charge in [-0.2, -0.15) is 0 Å². The summed E-state index contributed by atoms with van der Waals surface area (Å²) in [5, 5.41) is 0. The first-order valence-corrected chi connectivity index (χ1v) is 12.0. The van der Waals surface area contributed by atoms with E-state index in [0.29, 0.717) is 29.5 Å². The van der Waals surface area contributed by atoms with E-state index in [9.17, 15) is 19.2 Å². The molecule has 1 saturated heterocycles. The van der Waals surface area contributed by atoms with Crippen molar-refractivity contribution in [3.63, 3.8) is 0 Å². The molecule has 2 aromatic carbocycles. The van der Waals surface area contributed by atoms with Crippen LogP contribution in [0.5, 0.6) is 0 Å². The maximum absolute atomic E-state index is 13.3. The van der Waals surface area contributed by atoms with Crippen molar-refractivity contribution in [3.05, 3.63) is 77.9 Å². The molecule has 6 nitrogen and oxygen atoms in total. The third-order valence-corrected chi connectivity index (χ3v) is 7.99. The maximum Gasteiger partial charge on any atom is 0.338 e. The van der Waals surface area contributed by atoms with E-state index in [2.05, 4.69) is 12.2 Å². The van der Waals surface area contributed by atoms with Gasteiger partial charge in [0, 0.05) is 5.56 Å². The number of hydrogen-bond donors (Lipinski definition) is 0. The van der Waals surface area contributed by atoms with E-state index >= 15 is 0 Å². The van der Waals surface area contributed by atoms with E-state index in [4.69, 9.17) is 4.74 Å². The molecule has 6 heteroatoms. The van der Waals surface area contributed by atoms with Gasteiger partial charge in [0.05, 0.1) is 23.1 Å². The Morgan fingerprint density at radius 2 is 1.47 bits per heavy atom. The van der Waals surface area contributed by atoms with Gasteiger partial charge in [-0.15, -0.1) is 0 Å². The first-order valence-electron chi connectivity index (χ1n) is 12.0. The first-order chi connectivity index (χ1) is 16.5. The third-order valence-electron chi connectivity index (χ3n) is 7.99. The number of ether oxygens (including phenoxy) is 1. The summed E-state index contributed by atoms with van der Waals surface area (Å²) in [6.45, 7) is 1.79. The van der Waals surface area contributed by atoms with E-state index in [-0.39, 0.29) is 46.8 Å². The quantitative estimate of drug-likeness (QED) is 0.284. The molecular weight excluding hydrogens is 430 g/mol. The number of hydrogen-bond acceptors (Lipinski definition) is 5. The van der Waals surface area contributed by atoms with Gasteiger partial charge in [0.15, 0.2) is 6.10 Å². The summed E-state index contributed by atoms with van der Waals surface area (Å²) in [6.07, 6.45) is 4.89. The molecule has 34 heavy (non-hydrogen) atoms. The Morgan fingerprint density at radius 3 is 2.03 bits per heavy atom. The molecule has 0 spiro atoms. The molecule has 0 N–H and O–H groups in total.